The number of methoxy groups -OCH3 is 1. The van der Waals surface area contributed by atoms with Crippen LogP contribution in [0, 0.1) is 0 Å². The van der Waals surface area contributed by atoms with Gasteiger partial charge in [0.15, 0.2) is 0 Å². The summed E-state index contributed by atoms with van der Waals surface area (Å²) in [4.78, 5) is 21.9. The first-order chi connectivity index (χ1) is 6.63. The Kier molecular flexibility index (Phi) is 3.41. The van der Waals surface area contributed by atoms with Crippen molar-refractivity contribution in [3.05, 3.63) is 28.0 Å². The van der Waals surface area contributed by atoms with E-state index in [0.29, 0.717) is 10.4 Å². The normalized spacial score (nSPS) is 10.4. The lowest BCUT2D eigenvalue weighted by molar-refractivity contribution is -0.131. The van der Waals surface area contributed by atoms with Crippen LogP contribution in [0.25, 0.3) is 6.08 Å². The van der Waals surface area contributed by atoms with Crippen molar-refractivity contribution in [1.82, 2.24) is 0 Å². The van der Waals surface area contributed by atoms with Gasteiger partial charge in [0.25, 0.3) is 0 Å². The van der Waals surface area contributed by atoms with Crippen LogP contribution in [-0.2, 0) is 9.53 Å². The fraction of sp³-hybridized carbons (Fsp3) is 0.111. The van der Waals surface area contributed by atoms with Gasteiger partial charge in [-0.3, -0.25) is 0 Å². The van der Waals surface area contributed by atoms with Crippen LogP contribution < -0.4 is 0 Å². The smallest absolute Gasteiger partial charge is 0.338 e. The molecule has 0 atom stereocenters. The molecule has 0 bridgehead atoms. The van der Waals surface area contributed by atoms with E-state index in [1.54, 1.807) is 11.4 Å². The van der Waals surface area contributed by atoms with Gasteiger partial charge in [-0.15, -0.1) is 11.3 Å². The van der Waals surface area contributed by atoms with E-state index in [4.69, 9.17) is 5.11 Å². The largest absolute Gasteiger partial charge is 0.478 e. The lowest BCUT2D eigenvalue weighted by Gasteiger charge is -1.91. The number of ether oxygens (including phenoxy) is 1. The summed E-state index contributed by atoms with van der Waals surface area (Å²) in [7, 11) is 1.30. The number of rotatable bonds is 3. The highest BCUT2D eigenvalue weighted by atomic mass is 32.1. The van der Waals surface area contributed by atoms with E-state index in [1.807, 2.05) is 0 Å². The fourth-order valence-corrected chi connectivity index (χ4v) is 1.59. The first-order valence-electron chi connectivity index (χ1n) is 3.71. The molecule has 0 unspecified atom stereocenters. The molecule has 1 aromatic rings. The minimum atomic E-state index is -1.02. The number of carbonyl (C=O) groups excluding carboxylic acids is 1. The number of carboxylic acids is 1. The Hall–Kier alpha value is -1.62. The molecule has 0 aliphatic rings. The van der Waals surface area contributed by atoms with Crippen molar-refractivity contribution in [2.24, 2.45) is 0 Å². The zero-order valence-corrected chi connectivity index (χ0v) is 8.21. The maximum Gasteiger partial charge on any atom is 0.338 e. The third kappa shape index (κ3) is 2.70. The molecular weight excluding hydrogens is 204 g/mol. The van der Waals surface area contributed by atoms with E-state index in [0.717, 1.165) is 6.08 Å². The minimum absolute atomic E-state index is 0.420. The molecule has 0 saturated heterocycles. The van der Waals surface area contributed by atoms with Crippen molar-refractivity contribution in [1.29, 1.82) is 0 Å². The fourth-order valence-electron chi connectivity index (χ4n) is 0.819. The molecule has 1 heterocycles. The Morgan fingerprint density at radius 1 is 1.57 bits per heavy atom. The lowest BCUT2D eigenvalue weighted by atomic mass is 10.3. The van der Waals surface area contributed by atoms with Crippen LogP contribution in [-0.4, -0.2) is 24.2 Å². The third-order valence-electron chi connectivity index (χ3n) is 1.43. The number of carboxylic acid groups (broad SMARTS) is 1. The summed E-state index contributed by atoms with van der Waals surface area (Å²) in [6, 6.07) is 1.58. The topological polar surface area (TPSA) is 63.6 Å². The van der Waals surface area contributed by atoms with Gasteiger partial charge in [0.1, 0.15) is 0 Å². The number of aliphatic carboxylic acids is 1. The first-order valence-corrected chi connectivity index (χ1v) is 4.59. The molecule has 0 spiro atoms. The predicted octanol–water partition coefficient (Wildman–Crippen LogP) is 1.63. The molecule has 0 aliphatic carbocycles. The molecule has 1 aromatic heterocycles. The Labute approximate surface area is 84.4 Å². The van der Waals surface area contributed by atoms with E-state index in [9.17, 15) is 9.59 Å². The lowest BCUT2D eigenvalue weighted by Crippen LogP contribution is -1.97. The molecule has 74 valence electrons. The zero-order chi connectivity index (χ0) is 10.6. The highest BCUT2D eigenvalue weighted by molar-refractivity contribution is 7.11. The number of carbonyl (C=O) groups is 2. The molecular formula is C9H8O4S. The summed E-state index contributed by atoms with van der Waals surface area (Å²) in [5, 5.41) is 9.98. The molecule has 5 heteroatoms. The second kappa shape index (κ2) is 4.57. The number of esters is 1. The van der Waals surface area contributed by atoms with Gasteiger partial charge < -0.3 is 9.84 Å². The Morgan fingerprint density at radius 2 is 2.29 bits per heavy atom. The summed E-state index contributed by atoms with van der Waals surface area (Å²) in [5.74, 6) is -1.44. The van der Waals surface area contributed by atoms with E-state index in [1.165, 1.54) is 24.5 Å². The van der Waals surface area contributed by atoms with Crippen molar-refractivity contribution in [2.45, 2.75) is 0 Å². The van der Waals surface area contributed by atoms with Crippen LogP contribution in [0.3, 0.4) is 0 Å². The van der Waals surface area contributed by atoms with Gasteiger partial charge in [-0.2, -0.15) is 0 Å². The monoisotopic (exact) mass is 212 g/mol. The van der Waals surface area contributed by atoms with Gasteiger partial charge in [0, 0.05) is 16.3 Å². The van der Waals surface area contributed by atoms with E-state index in [2.05, 4.69) is 4.74 Å². The predicted molar refractivity (Wildman–Crippen MR) is 52.3 cm³/mol. The molecule has 14 heavy (non-hydrogen) atoms. The molecule has 0 amide bonds. The van der Waals surface area contributed by atoms with Gasteiger partial charge >= 0.3 is 11.9 Å². The molecule has 4 nitrogen and oxygen atoms in total. The standard InChI is InChI=1S/C9H8O4S/c1-13-9(12)6-4-7(14-5-6)2-3-8(10)11/h2-5H,1H3,(H,10,11)/b3-2+. The van der Waals surface area contributed by atoms with Crippen LogP contribution in [0.5, 0.6) is 0 Å². The highest BCUT2D eigenvalue weighted by Crippen LogP contribution is 2.16. The molecule has 0 aromatic carbocycles. The van der Waals surface area contributed by atoms with Crippen molar-refractivity contribution >= 4 is 29.4 Å². The summed E-state index contributed by atoms with van der Waals surface area (Å²) in [5.41, 5.74) is 0.433. The molecule has 0 radical (unpaired) electrons. The van der Waals surface area contributed by atoms with Crippen molar-refractivity contribution in [3.63, 3.8) is 0 Å². The van der Waals surface area contributed by atoms with Crippen LogP contribution in [0.15, 0.2) is 17.5 Å². The van der Waals surface area contributed by atoms with Crippen LogP contribution in [0.4, 0.5) is 0 Å². The second-order valence-corrected chi connectivity index (χ2v) is 3.34. The van der Waals surface area contributed by atoms with E-state index < -0.39 is 11.9 Å². The van der Waals surface area contributed by atoms with Crippen LogP contribution in [0.2, 0.25) is 0 Å². The quantitative estimate of drug-likeness (QED) is 0.611. The highest BCUT2D eigenvalue weighted by Gasteiger charge is 2.06. The molecule has 1 rings (SSSR count). The summed E-state index contributed by atoms with van der Waals surface area (Å²) in [6.07, 6.45) is 2.45. The molecule has 1 N–H and O–H groups in total. The number of hydrogen-bond acceptors (Lipinski definition) is 4. The second-order valence-electron chi connectivity index (χ2n) is 2.40. The van der Waals surface area contributed by atoms with E-state index >= 15 is 0 Å². The maximum atomic E-state index is 11.0. The third-order valence-corrected chi connectivity index (χ3v) is 2.33. The summed E-state index contributed by atoms with van der Waals surface area (Å²) < 4.78 is 4.50. The number of hydrogen-bond donors (Lipinski definition) is 1. The Balaban J connectivity index is 2.78. The van der Waals surface area contributed by atoms with Gasteiger partial charge in [-0.1, -0.05) is 0 Å². The van der Waals surface area contributed by atoms with Gasteiger partial charge in [0.2, 0.25) is 0 Å². The number of thiophene rings is 1. The summed E-state index contributed by atoms with van der Waals surface area (Å²) >= 11 is 1.28. The SMILES string of the molecule is COC(=O)c1csc(/C=C/C(=O)O)c1. The molecule has 0 saturated carbocycles. The Bertz CT molecular complexity index is 378. The maximum absolute atomic E-state index is 11.0. The summed E-state index contributed by atoms with van der Waals surface area (Å²) in [6.45, 7) is 0. The average Bonchev–Trinajstić information content (AvgIpc) is 2.62. The van der Waals surface area contributed by atoms with Gasteiger partial charge in [-0.05, 0) is 12.1 Å². The van der Waals surface area contributed by atoms with Crippen molar-refractivity contribution in [2.75, 3.05) is 7.11 Å². The minimum Gasteiger partial charge on any atom is -0.478 e. The van der Waals surface area contributed by atoms with Crippen molar-refractivity contribution in [3.8, 4) is 0 Å². The van der Waals surface area contributed by atoms with Crippen LogP contribution in [0.1, 0.15) is 15.2 Å². The van der Waals surface area contributed by atoms with Crippen LogP contribution >= 0.6 is 11.3 Å². The zero-order valence-electron chi connectivity index (χ0n) is 7.39. The van der Waals surface area contributed by atoms with Crippen molar-refractivity contribution < 1.29 is 19.4 Å². The Morgan fingerprint density at radius 3 is 2.86 bits per heavy atom. The van der Waals surface area contributed by atoms with Gasteiger partial charge in [-0.25, -0.2) is 9.59 Å². The molecule has 0 aliphatic heterocycles. The van der Waals surface area contributed by atoms with E-state index in [-0.39, 0.29) is 0 Å². The van der Waals surface area contributed by atoms with Gasteiger partial charge in [0.05, 0.1) is 12.7 Å². The first kappa shape index (κ1) is 10.5. The molecule has 0 fully saturated rings. The average molecular weight is 212 g/mol.